The van der Waals surface area contributed by atoms with Crippen LogP contribution in [0.1, 0.15) is 41.7 Å². The molecule has 5 heteroatoms. The Morgan fingerprint density at radius 3 is 2.14 bits per heavy atom. The van der Waals surface area contributed by atoms with E-state index in [0.29, 0.717) is 18.7 Å². The molecule has 0 fully saturated rings. The Morgan fingerprint density at radius 1 is 0.886 bits per heavy atom. The molecule has 2 amide bonds. The molecular formula is C30H36N2O3. The second-order valence-corrected chi connectivity index (χ2v) is 9.43. The van der Waals surface area contributed by atoms with E-state index in [4.69, 9.17) is 4.74 Å². The van der Waals surface area contributed by atoms with E-state index in [2.05, 4.69) is 11.4 Å². The summed E-state index contributed by atoms with van der Waals surface area (Å²) in [7, 11) is 0. The zero-order valence-corrected chi connectivity index (χ0v) is 21.4. The average molecular weight is 473 g/mol. The fourth-order valence-corrected chi connectivity index (χ4v) is 4.15. The summed E-state index contributed by atoms with van der Waals surface area (Å²) in [6.07, 6.45) is 0.417. The Hall–Kier alpha value is -3.60. The van der Waals surface area contributed by atoms with Gasteiger partial charge < -0.3 is 15.0 Å². The van der Waals surface area contributed by atoms with Crippen molar-refractivity contribution in [3.63, 3.8) is 0 Å². The standard InChI is InChI=1S/C30H36N2O3/c1-21(2)31-30(34)28(18-25-12-7-6-8-13-25)32(19-26-14-10-9-11-24(26)5)29(33)20-35-27-16-22(3)15-23(4)17-27/h6-17,21,28H,18-20H2,1-5H3,(H,31,34)/t28-/m1/s1. The molecule has 1 atom stereocenters. The zero-order valence-electron chi connectivity index (χ0n) is 21.4. The maximum atomic E-state index is 13.6. The highest BCUT2D eigenvalue weighted by molar-refractivity contribution is 5.88. The van der Waals surface area contributed by atoms with E-state index < -0.39 is 6.04 Å². The molecule has 0 heterocycles. The lowest BCUT2D eigenvalue weighted by Crippen LogP contribution is -2.52. The Kier molecular flexibility index (Phi) is 9.07. The first kappa shape index (κ1) is 26.0. The molecule has 0 aliphatic carbocycles. The van der Waals surface area contributed by atoms with Gasteiger partial charge in [0.05, 0.1) is 0 Å². The number of hydrogen-bond acceptors (Lipinski definition) is 3. The van der Waals surface area contributed by atoms with Crippen LogP contribution in [0.4, 0.5) is 0 Å². The van der Waals surface area contributed by atoms with E-state index in [1.54, 1.807) is 4.90 Å². The molecule has 0 radical (unpaired) electrons. The van der Waals surface area contributed by atoms with E-state index in [0.717, 1.165) is 27.8 Å². The number of ether oxygens (including phenoxy) is 1. The Labute approximate surface area is 209 Å². The van der Waals surface area contributed by atoms with Gasteiger partial charge in [0, 0.05) is 19.0 Å². The number of rotatable bonds is 10. The van der Waals surface area contributed by atoms with E-state index in [9.17, 15) is 9.59 Å². The number of nitrogens with one attached hydrogen (secondary N) is 1. The number of hydrogen-bond donors (Lipinski definition) is 1. The van der Waals surface area contributed by atoms with E-state index >= 15 is 0 Å². The van der Waals surface area contributed by atoms with Gasteiger partial charge in [-0.2, -0.15) is 0 Å². The molecule has 3 aromatic carbocycles. The van der Waals surface area contributed by atoms with Gasteiger partial charge in [0.25, 0.3) is 5.91 Å². The molecule has 0 saturated heterocycles. The average Bonchev–Trinajstić information content (AvgIpc) is 2.80. The van der Waals surface area contributed by atoms with Crippen LogP contribution in [0.5, 0.6) is 5.75 Å². The summed E-state index contributed by atoms with van der Waals surface area (Å²) in [6.45, 7) is 10.0. The van der Waals surface area contributed by atoms with Crippen LogP contribution in [0, 0.1) is 20.8 Å². The van der Waals surface area contributed by atoms with Crippen molar-refractivity contribution in [2.45, 2.75) is 59.7 Å². The van der Waals surface area contributed by atoms with Gasteiger partial charge in [0.2, 0.25) is 5.91 Å². The van der Waals surface area contributed by atoms with Gasteiger partial charge in [0.1, 0.15) is 11.8 Å². The molecule has 0 bridgehead atoms. The van der Waals surface area contributed by atoms with Gasteiger partial charge in [-0.15, -0.1) is 0 Å². The molecule has 0 spiro atoms. The minimum Gasteiger partial charge on any atom is -0.484 e. The summed E-state index contributed by atoms with van der Waals surface area (Å²) >= 11 is 0. The molecule has 0 aliphatic heterocycles. The lowest BCUT2D eigenvalue weighted by molar-refractivity contribution is -0.143. The number of amides is 2. The van der Waals surface area contributed by atoms with Gasteiger partial charge in [-0.05, 0) is 74.6 Å². The van der Waals surface area contributed by atoms with Crippen molar-refractivity contribution in [2.24, 2.45) is 0 Å². The van der Waals surface area contributed by atoms with Crippen LogP contribution in [0.25, 0.3) is 0 Å². The summed E-state index contributed by atoms with van der Waals surface area (Å²) in [5.74, 6) is 0.252. The number of benzene rings is 3. The van der Waals surface area contributed by atoms with Crippen molar-refractivity contribution in [3.05, 3.63) is 101 Å². The summed E-state index contributed by atoms with van der Waals surface area (Å²) in [5.41, 5.74) is 5.21. The Balaban J connectivity index is 1.93. The lowest BCUT2D eigenvalue weighted by atomic mass is 10.0. The van der Waals surface area contributed by atoms with E-state index in [-0.39, 0.29) is 24.5 Å². The molecule has 0 saturated carbocycles. The normalized spacial score (nSPS) is 11.7. The van der Waals surface area contributed by atoms with Crippen LogP contribution >= 0.6 is 0 Å². The number of carbonyl (C=O) groups is 2. The number of carbonyl (C=O) groups excluding carboxylic acids is 2. The minimum atomic E-state index is -0.672. The molecule has 35 heavy (non-hydrogen) atoms. The minimum absolute atomic E-state index is 0.0392. The fourth-order valence-electron chi connectivity index (χ4n) is 4.15. The van der Waals surface area contributed by atoms with Crippen LogP contribution < -0.4 is 10.1 Å². The molecule has 1 N–H and O–H groups in total. The molecule has 0 unspecified atom stereocenters. The predicted octanol–water partition coefficient (Wildman–Crippen LogP) is 5.16. The first-order valence-electron chi connectivity index (χ1n) is 12.1. The maximum absolute atomic E-state index is 13.6. The topological polar surface area (TPSA) is 58.6 Å². The number of nitrogens with zero attached hydrogens (tertiary/aromatic N) is 1. The van der Waals surface area contributed by atoms with Crippen molar-refractivity contribution >= 4 is 11.8 Å². The van der Waals surface area contributed by atoms with Crippen molar-refractivity contribution < 1.29 is 14.3 Å². The van der Waals surface area contributed by atoms with Gasteiger partial charge in [0.15, 0.2) is 6.61 Å². The highest BCUT2D eigenvalue weighted by Crippen LogP contribution is 2.19. The second-order valence-electron chi connectivity index (χ2n) is 9.43. The quantitative estimate of drug-likeness (QED) is 0.444. The molecular weight excluding hydrogens is 436 g/mol. The van der Waals surface area contributed by atoms with Crippen LogP contribution in [-0.2, 0) is 22.6 Å². The first-order chi connectivity index (χ1) is 16.7. The van der Waals surface area contributed by atoms with Crippen LogP contribution in [0.2, 0.25) is 0 Å². The van der Waals surface area contributed by atoms with Gasteiger partial charge in [-0.3, -0.25) is 9.59 Å². The summed E-state index contributed by atoms with van der Waals surface area (Å²) in [5, 5.41) is 3.01. The lowest BCUT2D eigenvalue weighted by Gasteiger charge is -2.32. The summed E-state index contributed by atoms with van der Waals surface area (Å²) < 4.78 is 5.92. The van der Waals surface area contributed by atoms with Gasteiger partial charge in [-0.25, -0.2) is 0 Å². The molecule has 3 rings (SSSR count). The third-order valence-corrected chi connectivity index (χ3v) is 5.86. The largest absolute Gasteiger partial charge is 0.484 e. The molecule has 184 valence electrons. The van der Waals surface area contributed by atoms with Crippen LogP contribution in [-0.4, -0.2) is 35.4 Å². The first-order valence-corrected chi connectivity index (χ1v) is 12.1. The number of aryl methyl sites for hydroxylation is 3. The zero-order chi connectivity index (χ0) is 25.4. The highest BCUT2D eigenvalue weighted by Gasteiger charge is 2.31. The third kappa shape index (κ3) is 7.71. The molecule has 3 aromatic rings. The van der Waals surface area contributed by atoms with Crippen molar-refractivity contribution in [1.82, 2.24) is 10.2 Å². The maximum Gasteiger partial charge on any atom is 0.261 e. The van der Waals surface area contributed by atoms with Crippen molar-refractivity contribution in [3.8, 4) is 5.75 Å². The predicted molar refractivity (Wildman–Crippen MR) is 140 cm³/mol. The van der Waals surface area contributed by atoms with Crippen LogP contribution in [0.15, 0.2) is 72.8 Å². The van der Waals surface area contributed by atoms with Crippen molar-refractivity contribution in [2.75, 3.05) is 6.61 Å². The van der Waals surface area contributed by atoms with E-state index in [1.165, 1.54) is 0 Å². The Bertz CT molecular complexity index is 1120. The fraction of sp³-hybridized carbons (Fsp3) is 0.333. The SMILES string of the molecule is Cc1cc(C)cc(OCC(=O)N(Cc2ccccc2C)[C@H](Cc2ccccc2)C(=O)NC(C)C)c1. The van der Waals surface area contributed by atoms with E-state index in [1.807, 2.05) is 101 Å². The molecule has 5 nitrogen and oxygen atoms in total. The Morgan fingerprint density at radius 2 is 1.51 bits per heavy atom. The second kappa shape index (κ2) is 12.2. The van der Waals surface area contributed by atoms with Gasteiger partial charge >= 0.3 is 0 Å². The third-order valence-electron chi connectivity index (χ3n) is 5.86. The smallest absolute Gasteiger partial charge is 0.261 e. The summed E-state index contributed by atoms with van der Waals surface area (Å²) in [4.78, 5) is 28.7. The van der Waals surface area contributed by atoms with Crippen molar-refractivity contribution in [1.29, 1.82) is 0 Å². The van der Waals surface area contributed by atoms with Crippen LogP contribution in [0.3, 0.4) is 0 Å². The monoisotopic (exact) mass is 472 g/mol. The highest BCUT2D eigenvalue weighted by atomic mass is 16.5. The summed E-state index contributed by atoms with van der Waals surface area (Å²) in [6, 6.07) is 22.9. The molecule has 0 aromatic heterocycles. The van der Waals surface area contributed by atoms with Gasteiger partial charge in [-0.1, -0.05) is 60.7 Å². The molecule has 0 aliphatic rings.